The fraction of sp³-hybridized carbons (Fsp3) is 0.308. The molecule has 0 unspecified atom stereocenters. The monoisotopic (exact) mass is 295 g/mol. The highest BCUT2D eigenvalue weighted by Crippen LogP contribution is 2.04. The van der Waals surface area contributed by atoms with E-state index in [9.17, 15) is 14.4 Å². The van der Waals surface area contributed by atoms with Gasteiger partial charge in [0.1, 0.15) is 0 Å². The van der Waals surface area contributed by atoms with Crippen molar-refractivity contribution in [2.75, 3.05) is 32.1 Å². The number of benzene rings is 1. The Bertz CT molecular complexity index is 501. The smallest absolute Gasteiger partial charge is 0.316 e. The minimum absolute atomic E-state index is 0.0995. The number of nitrogens with two attached hydrogens (primary N) is 1. The predicted octanol–water partition coefficient (Wildman–Crippen LogP) is -1.35. The van der Waals surface area contributed by atoms with E-state index in [0.29, 0.717) is 5.69 Å². The quantitative estimate of drug-likeness (QED) is 0.291. The second kappa shape index (κ2) is 8.67. The SMILES string of the molecule is Nc1ccc(C(=O)NC(=O)C(=O)NCCOCCO)cc1. The fourth-order valence-electron chi connectivity index (χ4n) is 1.35. The second-order valence-electron chi connectivity index (χ2n) is 4.00. The van der Waals surface area contributed by atoms with Gasteiger partial charge in [-0.2, -0.15) is 0 Å². The molecule has 0 aliphatic carbocycles. The predicted molar refractivity (Wildman–Crippen MR) is 74.2 cm³/mol. The number of aliphatic hydroxyl groups is 1. The van der Waals surface area contributed by atoms with Crippen LogP contribution in [0.25, 0.3) is 0 Å². The maximum Gasteiger partial charge on any atom is 0.316 e. The largest absolute Gasteiger partial charge is 0.399 e. The summed E-state index contributed by atoms with van der Waals surface area (Å²) in [4.78, 5) is 34.5. The summed E-state index contributed by atoms with van der Waals surface area (Å²) in [5.41, 5.74) is 6.18. The minimum Gasteiger partial charge on any atom is -0.399 e. The molecule has 8 nitrogen and oxygen atoms in total. The van der Waals surface area contributed by atoms with E-state index < -0.39 is 17.7 Å². The van der Waals surface area contributed by atoms with Crippen molar-refractivity contribution in [1.29, 1.82) is 0 Å². The molecule has 1 aromatic carbocycles. The third kappa shape index (κ3) is 6.02. The first-order chi connectivity index (χ1) is 10.0. The first kappa shape index (κ1) is 16.6. The number of hydrogen-bond acceptors (Lipinski definition) is 6. The lowest BCUT2D eigenvalue weighted by Gasteiger charge is -2.06. The molecular weight excluding hydrogens is 278 g/mol. The standard InChI is InChI=1S/C13H17N3O5/c14-10-3-1-9(2-4-10)11(18)16-13(20)12(19)15-5-7-21-8-6-17/h1-4,17H,5-8,14H2,(H,15,19)(H,16,18,20). The highest BCUT2D eigenvalue weighted by atomic mass is 16.5. The van der Waals surface area contributed by atoms with Crippen molar-refractivity contribution in [3.05, 3.63) is 29.8 Å². The van der Waals surface area contributed by atoms with Crippen molar-refractivity contribution in [3.63, 3.8) is 0 Å². The first-order valence-electron chi connectivity index (χ1n) is 6.22. The van der Waals surface area contributed by atoms with Gasteiger partial charge in [0, 0.05) is 17.8 Å². The number of nitrogens with one attached hydrogen (secondary N) is 2. The van der Waals surface area contributed by atoms with Crippen LogP contribution in [0.2, 0.25) is 0 Å². The Balaban J connectivity index is 2.36. The Morgan fingerprint density at radius 1 is 1.10 bits per heavy atom. The molecule has 5 N–H and O–H groups in total. The van der Waals surface area contributed by atoms with Gasteiger partial charge < -0.3 is 20.9 Å². The molecule has 0 atom stereocenters. The number of ether oxygens (including phenoxy) is 1. The molecule has 0 fully saturated rings. The second-order valence-corrected chi connectivity index (χ2v) is 4.00. The summed E-state index contributed by atoms with van der Waals surface area (Å²) in [6.45, 7) is 0.288. The molecule has 1 rings (SSSR count). The van der Waals surface area contributed by atoms with Gasteiger partial charge in [-0.3, -0.25) is 19.7 Å². The maximum absolute atomic E-state index is 11.7. The molecule has 0 saturated carbocycles. The number of carbonyl (C=O) groups is 3. The zero-order chi connectivity index (χ0) is 15.7. The van der Waals surface area contributed by atoms with Crippen LogP contribution in [0, 0.1) is 0 Å². The van der Waals surface area contributed by atoms with E-state index in [2.05, 4.69) is 5.32 Å². The topological polar surface area (TPSA) is 131 Å². The Kier molecular flexibility index (Phi) is 6.85. The molecular formula is C13H17N3O5. The molecule has 3 amide bonds. The number of carbonyl (C=O) groups excluding carboxylic acids is 3. The molecule has 21 heavy (non-hydrogen) atoms. The Labute approximate surface area is 121 Å². The van der Waals surface area contributed by atoms with Gasteiger partial charge >= 0.3 is 11.8 Å². The van der Waals surface area contributed by atoms with Crippen LogP contribution in [0.5, 0.6) is 0 Å². The van der Waals surface area contributed by atoms with Crippen LogP contribution in [-0.2, 0) is 14.3 Å². The van der Waals surface area contributed by atoms with Gasteiger partial charge in [0.15, 0.2) is 0 Å². The Hall–Kier alpha value is -2.45. The molecule has 0 spiro atoms. The molecule has 0 aromatic heterocycles. The summed E-state index contributed by atoms with van der Waals surface area (Å²) >= 11 is 0. The highest BCUT2D eigenvalue weighted by molar-refractivity contribution is 6.38. The Morgan fingerprint density at radius 3 is 2.38 bits per heavy atom. The fourth-order valence-corrected chi connectivity index (χ4v) is 1.35. The molecule has 0 saturated heterocycles. The van der Waals surface area contributed by atoms with Gasteiger partial charge in [0.2, 0.25) is 0 Å². The maximum atomic E-state index is 11.7. The van der Waals surface area contributed by atoms with Gasteiger partial charge in [-0.05, 0) is 24.3 Å². The Morgan fingerprint density at radius 2 is 1.76 bits per heavy atom. The number of anilines is 1. The summed E-state index contributed by atoms with van der Waals surface area (Å²) in [6.07, 6.45) is 0. The van der Waals surface area contributed by atoms with Crippen molar-refractivity contribution in [2.24, 2.45) is 0 Å². The molecule has 0 aliphatic heterocycles. The molecule has 8 heteroatoms. The lowest BCUT2D eigenvalue weighted by molar-refractivity contribution is -0.138. The summed E-state index contributed by atoms with van der Waals surface area (Å²) < 4.78 is 4.90. The van der Waals surface area contributed by atoms with E-state index in [1.54, 1.807) is 0 Å². The van der Waals surface area contributed by atoms with Gasteiger partial charge in [0.25, 0.3) is 5.91 Å². The van der Waals surface area contributed by atoms with E-state index in [-0.39, 0.29) is 31.9 Å². The normalized spacial score (nSPS) is 9.95. The third-order valence-corrected chi connectivity index (χ3v) is 2.37. The van der Waals surface area contributed by atoms with Crippen molar-refractivity contribution in [3.8, 4) is 0 Å². The average Bonchev–Trinajstić information content (AvgIpc) is 2.47. The molecule has 0 heterocycles. The lowest BCUT2D eigenvalue weighted by Crippen LogP contribution is -2.43. The number of imide groups is 1. The van der Waals surface area contributed by atoms with Crippen LogP contribution in [-0.4, -0.2) is 49.2 Å². The highest BCUT2D eigenvalue weighted by Gasteiger charge is 2.17. The van der Waals surface area contributed by atoms with E-state index in [1.165, 1.54) is 24.3 Å². The zero-order valence-electron chi connectivity index (χ0n) is 11.3. The van der Waals surface area contributed by atoms with E-state index >= 15 is 0 Å². The van der Waals surface area contributed by atoms with Crippen molar-refractivity contribution >= 4 is 23.4 Å². The van der Waals surface area contributed by atoms with Crippen molar-refractivity contribution in [1.82, 2.24) is 10.6 Å². The molecule has 0 aliphatic rings. The van der Waals surface area contributed by atoms with Crippen LogP contribution in [0.1, 0.15) is 10.4 Å². The summed E-state index contributed by atoms with van der Waals surface area (Å²) in [5, 5.41) is 12.7. The number of aliphatic hydroxyl groups excluding tert-OH is 1. The van der Waals surface area contributed by atoms with E-state index in [0.717, 1.165) is 0 Å². The van der Waals surface area contributed by atoms with Crippen LogP contribution in [0.4, 0.5) is 5.69 Å². The van der Waals surface area contributed by atoms with Crippen molar-refractivity contribution in [2.45, 2.75) is 0 Å². The summed E-state index contributed by atoms with van der Waals surface area (Å²) in [5.74, 6) is -2.68. The number of amides is 3. The van der Waals surface area contributed by atoms with Gasteiger partial charge in [0.05, 0.1) is 19.8 Å². The molecule has 114 valence electrons. The van der Waals surface area contributed by atoms with Crippen LogP contribution in [0.3, 0.4) is 0 Å². The lowest BCUT2D eigenvalue weighted by atomic mass is 10.2. The summed E-state index contributed by atoms with van der Waals surface area (Å²) in [7, 11) is 0. The number of hydrogen-bond donors (Lipinski definition) is 4. The van der Waals surface area contributed by atoms with Crippen LogP contribution < -0.4 is 16.4 Å². The molecule has 0 bridgehead atoms. The summed E-state index contributed by atoms with van der Waals surface area (Å²) in [6, 6.07) is 5.91. The van der Waals surface area contributed by atoms with Gasteiger partial charge in [-0.1, -0.05) is 0 Å². The number of nitrogen functional groups attached to an aromatic ring is 1. The number of rotatable bonds is 6. The van der Waals surface area contributed by atoms with Gasteiger partial charge in [-0.25, -0.2) is 0 Å². The van der Waals surface area contributed by atoms with Crippen LogP contribution >= 0.6 is 0 Å². The van der Waals surface area contributed by atoms with Gasteiger partial charge in [-0.15, -0.1) is 0 Å². The van der Waals surface area contributed by atoms with Crippen molar-refractivity contribution < 1.29 is 24.2 Å². The molecule has 0 radical (unpaired) electrons. The van der Waals surface area contributed by atoms with E-state index in [4.69, 9.17) is 15.6 Å². The third-order valence-electron chi connectivity index (χ3n) is 2.37. The van der Waals surface area contributed by atoms with Crippen LogP contribution in [0.15, 0.2) is 24.3 Å². The van der Waals surface area contributed by atoms with E-state index in [1.807, 2.05) is 5.32 Å². The zero-order valence-corrected chi connectivity index (χ0v) is 11.3. The molecule has 1 aromatic rings. The first-order valence-corrected chi connectivity index (χ1v) is 6.22. The average molecular weight is 295 g/mol. The minimum atomic E-state index is -1.06.